The maximum absolute atomic E-state index is 13.2. The number of nitrogens with two attached hydrogens (primary N) is 1. The fourth-order valence-electron chi connectivity index (χ4n) is 3.56. The minimum Gasteiger partial charge on any atom is -0.363 e. The third-order valence-electron chi connectivity index (χ3n) is 5.06. The van der Waals surface area contributed by atoms with Gasteiger partial charge in [-0.25, -0.2) is 9.67 Å². The number of carbonyl (C=O) groups excluding carboxylic acids is 3. The molecule has 0 aliphatic rings. The lowest BCUT2D eigenvalue weighted by Crippen LogP contribution is -2.47. The van der Waals surface area contributed by atoms with Crippen LogP contribution >= 0.6 is 0 Å². The summed E-state index contributed by atoms with van der Waals surface area (Å²) in [5, 5.41) is 8.86. The molecule has 1 atom stereocenters. The van der Waals surface area contributed by atoms with Crippen LogP contribution in [0.5, 0.6) is 0 Å². The van der Waals surface area contributed by atoms with Gasteiger partial charge >= 0.3 is 0 Å². The second-order valence-electron chi connectivity index (χ2n) is 7.38. The van der Waals surface area contributed by atoms with Gasteiger partial charge in [-0.15, -0.1) is 0 Å². The number of nitrogens with one attached hydrogen (secondary N) is 1. The second-order valence-corrected chi connectivity index (χ2v) is 7.38. The van der Waals surface area contributed by atoms with Crippen LogP contribution in [0.3, 0.4) is 0 Å². The number of aryl methyl sites for hydroxylation is 1. The molecule has 0 saturated heterocycles. The lowest BCUT2D eigenvalue weighted by Gasteiger charge is -2.17. The highest BCUT2D eigenvalue weighted by Crippen LogP contribution is 2.21. The molecule has 2 heterocycles. The van der Waals surface area contributed by atoms with Crippen molar-refractivity contribution in [3.8, 4) is 5.82 Å². The highest BCUT2D eigenvalue weighted by Gasteiger charge is 2.27. The van der Waals surface area contributed by atoms with Crippen molar-refractivity contribution in [2.24, 2.45) is 5.73 Å². The Kier molecular flexibility index (Phi) is 5.76. The van der Waals surface area contributed by atoms with Crippen molar-refractivity contribution in [3.63, 3.8) is 0 Å². The third kappa shape index (κ3) is 4.24. The molecule has 0 spiro atoms. The average Bonchev–Trinajstić information content (AvgIpc) is 3.20. The van der Waals surface area contributed by atoms with Gasteiger partial charge in [0.2, 0.25) is 5.78 Å². The molecule has 2 aromatic heterocycles. The predicted molar refractivity (Wildman–Crippen MR) is 119 cm³/mol. The van der Waals surface area contributed by atoms with Crippen LogP contribution in [0.25, 0.3) is 16.6 Å². The van der Waals surface area contributed by atoms with Crippen LogP contribution in [0.15, 0.2) is 72.9 Å². The van der Waals surface area contributed by atoms with Gasteiger partial charge in [0.15, 0.2) is 5.82 Å². The Morgan fingerprint density at radius 2 is 1.75 bits per heavy atom. The SMILES string of the molecule is Cc1cc(C(=O)NC(Cc2ccccc2)C(=O)C(N)=O)n(-c2nccc3ccccc23)n1. The molecule has 3 N–H and O–H groups in total. The number of rotatable bonds is 7. The number of amides is 2. The summed E-state index contributed by atoms with van der Waals surface area (Å²) in [5.74, 6) is -2.04. The molecule has 0 fully saturated rings. The minimum absolute atomic E-state index is 0.133. The standard InChI is InChI=1S/C24H21N5O3/c1-15-13-20(29(28-15)23-18-10-6-5-9-17(18)11-12-26-23)24(32)27-19(21(30)22(25)31)14-16-7-3-2-4-8-16/h2-13,19H,14H2,1H3,(H2,25,31)(H,27,32). The zero-order valence-corrected chi connectivity index (χ0v) is 17.4. The number of Topliss-reactive ketones (excluding diaryl/α,β-unsaturated/α-hetero) is 1. The first-order valence-corrected chi connectivity index (χ1v) is 10.0. The lowest BCUT2D eigenvalue weighted by atomic mass is 10.0. The number of hydrogen-bond acceptors (Lipinski definition) is 5. The van der Waals surface area contributed by atoms with Crippen LogP contribution in [0.2, 0.25) is 0 Å². The summed E-state index contributed by atoms with van der Waals surface area (Å²) in [7, 11) is 0. The number of nitrogens with zero attached hydrogens (tertiary/aromatic N) is 3. The smallest absolute Gasteiger partial charge is 0.287 e. The van der Waals surface area contributed by atoms with Crippen LogP contribution in [-0.2, 0) is 16.0 Å². The van der Waals surface area contributed by atoms with Gasteiger partial charge in [0.25, 0.3) is 11.8 Å². The summed E-state index contributed by atoms with van der Waals surface area (Å²) in [6, 6.07) is 19.1. The van der Waals surface area contributed by atoms with Crippen LogP contribution in [-0.4, -0.2) is 38.4 Å². The first-order valence-electron chi connectivity index (χ1n) is 10.0. The van der Waals surface area contributed by atoms with E-state index in [9.17, 15) is 14.4 Å². The largest absolute Gasteiger partial charge is 0.363 e. The molecule has 160 valence electrons. The van der Waals surface area contributed by atoms with Gasteiger partial charge in [0.05, 0.1) is 5.69 Å². The van der Waals surface area contributed by atoms with E-state index in [4.69, 9.17) is 5.73 Å². The molecule has 0 saturated carbocycles. The second kappa shape index (κ2) is 8.81. The minimum atomic E-state index is -1.11. The summed E-state index contributed by atoms with van der Waals surface area (Å²) >= 11 is 0. The van der Waals surface area contributed by atoms with Crippen LogP contribution in [0.4, 0.5) is 0 Å². The van der Waals surface area contributed by atoms with Crippen LogP contribution in [0, 0.1) is 6.92 Å². The number of primary amides is 1. The molecule has 8 nitrogen and oxygen atoms in total. The Hall–Kier alpha value is -4.33. The fourth-order valence-corrected chi connectivity index (χ4v) is 3.56. The number of carbonyl (C=O) groups is 3. The molecule has 4 rings (SSSR count). The first kappa shape index (κ1) is 20.9. The summed E-state index contributed by atoms with van der Waals surface area (Å²) < 4.78 is 1.45. The van der Waals surface area contributed by atoms with Gasteiger partial charge in [-0.2, -0.15) is 5.10 Å². The maximum Gasteiger partial charge on any atom is 0.287 e. The van der Waals surface area contributed by atoms with Crippen molar-refractivity contribution in [2.45, 2.75) is 19.4 Å². The zero-order chi connectivity index (χ0) is 22.7. The Bertz CT molecular complexity index is 1310. The van der Waals surface area contributed by atoms with Gasteiger partial charge in [0, 0.05) is 18.0 Å². The van der Waals surface area contributed by atoms with E-state index in [1.54, 1.807) is 19.2 Å². The Labute approximate surface area is 184 Å². The van der Waals surface area contributed by atoms with Gasteiger partial charge in [-0.3, -0.25) is 14.4 Å². The van der Waals surface area contributed by atoms with Crippen molar-refractivity contribution in [1.29, 1.82) is 0 Å². The van der Waals surface area contributed by atoms with Gasteiger partial charge < -0.3 is 11.1 Å². The topological polar surface area (TPSA) is 120 Å². The van der Waals surface area contributed by atoms with E-state index in [2.05, 4.69) is 15.4 Å². The summed E-state index contributed by atoms with van der Waals surface area (Å²) in [6.07, 6.45) is 1.78. The maximum atomic E-state index is 13.2. The van der Waals surface area contributed by atoms with E-state index >= 15 is 0 Å². The Balaban J connectivity index is 1.70. The molecule has 0 aliphatic heterocycles. The predicted octanol–water partition coefficient (Wildman–Crippen LogP) is 2.12. The van der Waals surface area contributed by atoms with E-state index in [0.717, 1.165) is 16.3 Å². The van der Waals surface area contributed by atoms with E-state index in [1.165, 1.54) is 4.68 Å². The van der Waals surface area contributed by atoms with Crippen LogP contribution in [0.1, 0.15) is 21.7 Å². The number of fused-ring (bicyclic) bond motifs is 1. The normalized spacial score (nSPS) is 11.8. The van der Waals surface area contributed by atoms with Crippen LogP contribution < -0.4 is 11.1 Å². The number of hydrogen-bond donors (Lipinski definition) is 2. The quantitative estimate of drug-likeness (QED) is 0.438. The van der Waals surface area contributed by atoms with E-state index in [1.807, 2.05) is 60.7 Å². The molecule has 1 unspecified atom stereocenters. The van der Waals surface area contributed by atoms with Crippen molar-refractivity contribution < 1.29 is 14.4 Å². The van der Waals surface area contributed by atoms with E-state index in [0.29, 0.717) is 11.5 Å². The van der Waals surface area contributed by atoms with Gasteiger partial charge in [-0.1, -0.05) is 54.6 Å². The molecule has 0 bridgehead atoms. The van der Waals surface area contributed by atoms with E-state index in [-0.39, 0.29) is 12.1 Å². The number of pyridine rings is 1. The molecule has 4 aromatic rings. The van der Waals surface area contributed by atoms with Gasteiger partial charge in [-0.05, 0) is 30.0 Å². The Morgan fingerprint density at radius 3 is 2.50 bits per heavy atom. The molecule has 8 heteroatoms. The summed E-state index contributed by atoms with van der Waals surface area (Å²) in [6.45, 7) is 1.76. The van der Waals surface area contributed by atoms with Crippen molar-refractivity contribution in [1.82, 2.24) is 20.1 Å². The number of ketones is 1. The average molecular weight is 427 g/mol. The molecule has 0 aliphatic carbocycles. The monoisotopic (exact) mass is 427 g/mol. The molecular formula is C24H21N5O3. The molecule has 0 radical (unpaired) electrons. The molecule has 32 heavy (non-hydrogen) atoms. The molecule has 2 amide bonds. The highest BCUT2D eigenvalue weighted by molar-refractivity contribution is 6.38. The van der Waals surface area contributed by atoms with Crippen molar-refractivity contribution in [2.75, 3.05) is 0 Å². The van der Waals surface area contributed by atoms with Gasteiger partial charge in [0.1, 0.15) is 11.7 Å². The zero-order valence-electron chi connectivity index (χ0n) is 17.4. The first-order chi connectivity index (χ1) is 15.4. The number of aromatic nitrogens is 3. The summed E-state index contributed by atoms with van der Waals surface area (Å²) in [4.78, 5) is 41.6. The fraction of sp³-hybridized carbons (Fsp3) is 0.125. The molecule has 2 aromatic carbocycles. The lowest BCUT2D eigenvalue weighted by molar-refractivity contribution is -0.137. The number of benzene rings is 2. The Morgan fingerprint density at radius 1 is 1.03 bits per heavy atom. The molecular weight excluding hydrogens is 406 g/mol. The summed E-state index contributed by atoms with van der Waals surface area (Å²) in [5.41, 5.74) is 6.81. The highest BCUT2D eigenvalue weighted by atomic mass is 16.2. The van der Waals surface area contributed by atoms with Crippen molar-refractivity contribution in [3.05, 3.63) is 89.9 Å². The van der Waals surface area contributed by atoms with E-state index < -0.39 is 23.6 Å². The van der Waals surface area contributed by atoms with Crippen molar-refractivity contribution >= 4 is 28.4 Å². The third-order valence-corrected chi connectivity index (χ3v) is 5.06.